The van der Waals surface area contributed by atoms with Gasteiger partial charge in [0.05, 0.1) is 12.7 Å². The van der Waals surface area contributed by atoms with Crippen LogP contribution in [-0.4, -0.2) is 30.1 Å². The molecule has 0 saturated carbocycles. The van der Waals surface area contributed by atoms with Crippen molar-refractivity contribution < 1.29 is 13.9 Å². The minimum atomic E-state index is -0.225. The zero-order valence-electron chi connectivity index (χ0n) is 18.1. The number of pyridine rings is 1. The maximum absolute atomic E-state index is 13.3. The van der Waals surface area contributed by atoms with Crippen LogP contribution >= 0.6 is 24.8 Å². The van der Waals surface area contributed by atoms with Crippen LogP contribution in [0, 0.1) is 5.82 Å². The lowest BCUT2D eigenvalue weighted by molar-refractivity contribution is 0.0103. The monoisotopic (exact) mass is 491 g/mol. The first-order valence-corrected chi connectivity index (χ1v) is 10.5. The van der Waals surface area contributed by atoms with Crippen LogP contribution in [0.1, 0.15) is 39.5 Å². The van der Waals surface area contributed by atoms with E-state index in [1.807, 2.05) is 36.4 Å². The second-order valence-corrected chi connectivity index (χ2v) is 7.67. The number of amides is 1. The van der Waals surface area contributed by atoms with Crippen molar-refractivity contribution in [1.82, 2.24) is 15.6 Å². The number of benzene rings is 2. The molecule has 1 fully saturated rings. The molecule has 4 rings (SSSR count). The van der Waals surface area contributed by atoms with E-state index in [0.717, 1.165) is 36.2 Å². The van der Waals surface area contributed by atoms with E-state index in [1.165, 1.54) is 12.1 Å². The highest BCUT2D eigenvalue weighted by molar-refractivity contribution is 5.92. The number of nitrogens with zero attached hydrogens (tertiary/aromatic N) is 1. The van der Waals surface area contributed by atoms with Crippen LogP contribution in [-0.2, 0) is 17.9 Å². The predicted octanol–water partition coefficient (Wildman–Crippen LogP) is 4.66. The number of carbonyl (C=O) groups excluding carboxylic acids is 1. The van der Waals surface area contributed by atoms with Crippen molar-refractivity contribution >= 4 is 30.7 Å². The topological polar surface area (TPSA) is 63.2 Å². The molecule has 1 saturated heterocycles. The minimum absolute atomic E-state index is 0. The van der Waals surface area contributed by atoms with Gasteiger partial charge < -0.3 is 15.4 Å². The normalized spacial score (nSPS) is 17.4. The molecular formula is C25H28Cl2FN3O2. The summed E-state index contributed by atoms with van der Waals surface area (Å²) in [4.78, 5) is 16.4. The van der Waals surface area contributed by atoms with Crippen LogP contribution < -0.4 is 10.6 Å². The van der Waals surface area contributed by atoms with Gasteiger partial charge in [-0.1, -0.05) is 42.5 Å². The first-order chi connectivity index (χ1) is 15.2. The van der Waals surface area contributed by atoms with Crippen molar-refractivity contribution in [1.29, 1.82) is 0 Å². The van der Waals surface area contributed by atoms with E-state index in [0.29, 0.717) is 18.8 Å². The molecule has 0 bridgehead atoms. The Kier molecular flexibility index (Phi) is 10.7. The Morgan fingerprint density at radius 2 is 1.76 bits per heavy atom. The fourth-order valence-corrected chi connectivity index (χ4v) is 3.93. The van der Waals surface area contributed by atoms with Gasteiger partial charge in [-0.3, -0.25) is 9.78 Å². The van der Waals surface area contributed by atoms with E-state index >= 15 is 0 Å². The predicted molar refractivity (Wildman–Crippen MR) is 132 cm³/mol. The third kappa shape index (κ3) is 7.24. The average molecular weight is 492 g/mol. The van der Waals surface area contributed by atoms with Crippen LogP contribution in [0.4, 0.5) is 4.39 Å². The summed E-state index contributed by atoms with van der Waals surface area (Å²) in [5.41, 5.74) is 3.54. The van der Waals surface area contributed by atoms with Crippen LogP contribution in [0.3, 0.4) is 0 Å². The Balaban J connectivity index is 0.00000193. The number of carbonyl (C=O) groups is 1. The molecule has 1 amide bonds. The number of aromatic nitrogens is 1. The lowest BCUT2D eigenvalue weighted by atomic mass is 9.87. The molecule has 1 aliphatic rings. The van der Waals surface area contributed by atoms with E-state index in [-0.39, 0.29) is 48.6 Å². The number of halogens is 3. The van der Waals surface area contributed by atoms with Crippen LogP contribution in [0.5, 0.6) is 0 Å². The summed E-state index contributed by atoms with van der Waals surface area (Å²) >= 11 is 0. The summed E-state index contributed by atoms with van der Waals surface area (Å²) < 4.78 is 19.6. The van der Waals surface area contributed by atoms with Crippen LogP contribution in [0.15, 0.2) is 72.9 Å². The van der Waals surface area contributed by atoms with Gasteiger partial charge in [0.2, 0.25) is 0 Å². The summed E-state index contributed by atoms with van der Waals surface area (Å²) in [7, 11) is 0. The van der Waals surface area contributed by atoms with Gasteiger partial charge >= 0.3 is 0 Å². The van der Waals surface area contributed by atoms with Crippen molar-refractivity contribution in [3.8, 4) is 0 Å². The molecule has 5 nitrogen and oxygen atoms in total. The third-order valence-corrected chi connectivity index (χ3v) is 5.63. The summed E-state index contributed by atoms with van der Waals surface area (Å²) in [6.07, 6.45) is 2.54. The van der Waals surface area contributed by atoms with Gasteiger partial charge in [0.1, 0.15) is 11.5 Å². The van der Waals surface area contributed by atoms with Crippen LogP contribution in [0.25, 0.3) is 0 Å². The van der Waals surface area contributed by atoms with Gasteiger partial charge in [0.25, 0.3) is 5.91 Å². The molecule has 3 aromatic rings. The Labute approximate surface area is 206 Å². The zero-order chi connectivity index (χ0) is 21.5. The summed E-state index contributed by atoms with van der Waals surface area (Å²) in [5.74, 6) is -0.209. The highest BCUT2D eigenvalue weighted by atomic mass is 35.5. The van der Waals surface area contributed by atoms with E-state index in [4.69, 9.17) is 4.74 Å². The molecule has 1 aromatic heterocycles. The molecule has 0 spiro atoms. The Hall–Kier alpha value is -2.51. The maximum atomic E-state index is 13.3. The Bertz CT molecular complexity index is 1010. The number of rotatable bonds is 7. The molecule has 0 aliphatic carbocycles. The number of hydrogen-bond donors (Lipinski definition) is 2. The second-order valence-electron chi connectivity index (χ2n) is 7.67. The van der Waals surface area contributed by atoms with Crippen LogP contribution in [0.2, 0.25) is 0 Å². The van der Waals surface area contributed by atoms with Crippen molar-refractivity contribution in [3.05, 3.63) is 101 Å². The Morgan fingerprint density at radius 3 is 2.48 bits per heavy atom. The molecule has 1 aliphatic heterocycles. The Morgan fingerprint density at radius 1 is 1.03 bits per heavy atom. The minimum Gasteiger partial charge on any atom is -0.372 e. The number of hydrogen-bond acceptors (Lipinski definition) is 4. The van der Waals surface area contributed by atoms with E-state index < -0.39 is 0 Å². The summed E-state index contributed by atoms with van der Waals surface area (Å²) in [5, 5.41) is 6.32. The summed E-state index contributed by atoms with van der Waals surface area (Å²) in [6, 6.07) is 19.9. The first kappa shape index (κ1) is 26.7. The molecule has 176 valence electrons. The first-order valence-electron chi connectivity index (χ1n) is 10.5. The van der Waals surface area contributed by atoms with Crippen molar-refractivity contribution in [2.45, 2.75) is 31.6 Å². The molecule has 2 N–H and O–H groups in total. The van der Waals surface area contributed by atoms with Crippen molar-refractivity contribution in [2.75, 3.05) is 13.1 Å². The van der Waals surface area contributed by atoms with E-state index in [1.54, 1.807) is 24.4 Å². The third-order valence-electron chi connectivity index (χ3n) is 5.63. The highest BCUT2D eigenvalue weighted by Crippen LogP contribution is 2.28. The number of ether oxygens (including phenoxy) is 1. The smallest absolute Gasteiger partial charge is 0.270 e. The quantitative estimate of drug-likeness (QED) is 0.504. The SMILES string of the molecule is Cl.Cl.O=C(NCc1ccccc1COC1CNCCC1c1ccc(F)cc1)c1ccccn1. The molecule has 0 radical (unpaired) electrons. The molecule has 2 atom stereocenters. The lowest BCUT2D eigenvalue weighted by Gasteiger charge is -2.32. The average Bonchev–Trinajstić information content (AvgIpc) is 2.83. The molecule has 2 heterocycles. The van der Waals surface area contributed by atoms with Crippen molar-refractivity contribution in [3.63, 3.8) is 0 Å². The fourth-order valence-electron chi connectivity index (χ4n) is 3.93. The van der Waals surface area contributed by atoms with Gasteiger partial charge in [-0.05, 0) is 53.9 Å². The van der Waals surface area contributed by atoms with Gasteiger partial charge in [-0.15, -0.1) is 24.8 Å². The molecule has 2 unspecified atom stereocenters. The molecule has 2 aromatic carbocycles. The standard InChI is InChI=1S/C25H26FN3O2.2ClH/c26-21-10-8-18(9-11-21)22-12-14-27-16-24(22)31-17-20-6-2-1-5-19(20)15-29-25(30)23-7-3-4-13-28-23;;/h1-11,13,22,24,27H,12,14-17H2,(H,29,30);2*1H. The van der Waals surface area contributed by atoms with Gasteiger partial charge in [-0.2, -0.15) is 0 Å². The maximum Gasteiger partial charge on any atom is 0.270 e. The summed E-state index contributed by atoms with van der Waals surface area (Å²) in [6.45, 7) is 2.51. The molecular weight excluding hydrogens is 464 g/mol. The molecule has 33 heavy (non-hydrogen) atoms. The zero-order valence-corrected chi connectivity index (χ0v) is 19.7. The van der Waals surface area contributed by atoms with E-state index in [2.05, 4.69) is 15.6 Å². The van der Waals surface area contributed by atoms with E-state index in [9.17, 15) is 9.18 Å². The number of piperidine rings is 1. The highest BCUT2D eigenvalue weighted by Gasteiger charge is 2.27. The van der Waals surface area contributed by atoms with Gasteiger partial charge in [0.15, 0.2) is 0 Å². The largest absolute Gasteiger partial charge is 0.372 e. The van der Waals surface area contributed by atoms with Crippen molar-refractivity contribution in [2.24, 2.45) is 0 Å². The number of nitrogens with one attached hydrogen (secondary N) is 2. The second kappa shape index (κ2) is 13.3. The molecule has 8 heteroatoms. The van der Waals surface area contributed by atoms with Gasteiger partial charge in [-0.25, -0.2) is 4.39 Å². The lowest BCUT2D eigenvalue weighted by Crippen LogP contribution is -2.41. The van der Waals surface area contributed by atoms with Gasteiger partial charge in [0, 0.05) is 25.2 Å². The fraction of sp³-hybridized carbons (Fsp3) is 0.280.